The molecule has 19 heavy (non-hydrogen) atoms. The molecule has 0 heterocycles. The summed E-state index contributed by atoms with van der Waals surface area (Å²) >= 11 is 0. The zero-order chi connectivity index (χ0) is 13.7. The SMILES string of the molecule is CCCNC(C(=O)OCC)c1ccc(C2CC2)cc1. The van der Waals surface area contributed by atoms with Crippen LogP contribution in [0.4, 0.5) is 0 Å². The second kappa shape index (κ2) is 6.71. The minimum absolute atomic E-state index is 0.185. The summed E-state index contributed by atoms with van der Waals surface area (Å²) in [7, 11) is 0. The third-order valence-electron chi connectivity index (χ3n) is 3.44. The van der Waals surface area contributed by atoms with E-state index in [-0.39, 0.29) is 12.0 Å². The van der Waals surface area contributed by atoms with E-state index in [2.05, 4.69) is 36.5 Å². The molecule has 0 bridgehead atoms. The van der Waals surface area contributed by atoms with Gasteiger partial charge in [0.05, 0.1) is 6.61 Å². The Kier molecular flexibility index (Phi) is 4.97. The third-order valence-corrected chi connectivity index (χ3v) is 3.44. The highest BCUT2D eigenvalue weighted by Gasteiger charge is 2.25. The number of ether oxygens (including phenoxy) is 1. The number of carbonyl (C=O) groups excluding carboxylic acids is 1. The van der Waals surface area contributed by atoms with Crippen molar-refractivity contribution in [3.05, 3.63) is 35.4 Å². The molecule has 1 aliphatic rings. The van der Waals surface area contributed by atoms with Crippen LogP contribution in [0.5, 0.6) is 0 Å². The summed E-state index contributed by atoms with van der Waals surface area (Å²) < 4.78 is 5.14. The Bertz CT molecular complexity index is 409. The third kappa shape index (κ3) is 3.80. The van der Waals surface area contributed by atoms with E-state index in [9.17, 15) is 4.79 Å². The van der Waals surface area contributed by atoms with Crippen LogP contribution in [0.15, 0.2) is 24.3 Å². The van der Waals surface area contributed by atoms with Crippen LogP contribution in [0.25, 0.3) is 0 Å². The summed E-state index contributed by atoms with van der Waals surface area (Å²) in [6.45, 7) is 5.16. The Morgan fingerprint density at radius 1 is 1.32 bits per heavy atom. The van der Waals surface area contributed by atoms with Gasteiger partial charge in [0.2, 0.25) is 0 Å². The summed E-state index contributed by atoms with van der Waals surface area (Å²) in [6, 6.07) is 8.06. The van der Waals surface area contributed by atoms with E-state index < -0.39 is 0 Å². The summed E-state index contributed by atoms with van der Waals surface area (Å²) in [6.07, 6.45) is 3.60. The Morgan fingerprint density at radius 3 is 2.53 bits per heavy atom. The number of hydrogen-bond donors (Lipinski definition) is 1. The fraction of sp³-hybridized carbons (Fsp3) is 0.562. The van der Waals surface area contributed by atoms with Crippen molar-refractivity contribution in [2.75, 3.05) is 13.2 Å². The van der Waals surface area contributed by atoms with Crippen molar-refractivity contribution in [1.29, 1.82) is 0 Å². The number of carbonyl (C=O) groups is 1. The van der Waals surface area contributed by atoms with Gasteiger partial charge in [-0.25, -0.2) is 4.79 Å². The van der Waals surface area contributed by atoms with Gasteiger partial charge in [0.15, 0.2) is 0 Å². The lowest BCUT2D eigenvalue weighted by molar-refractivity contribution is -0.145. The molecule has 0 amide bonds. The molecule has 1 N–H and O–H groups in total. The molecule has 1 atom stereocenters. The van der Waals surface area contributed by atoms with Crippen LogP contribution in [0.1, 0.15) is 56.2 Å². The first-order valence-corrected chi connectivity index (χ1v) is 7.26. The van der Waals surface area contributed by atoms with Gasteiger partial charge in [0.25, 0.3) is 0 Å². The molecule has 1 fully saturated rings. The lowest BCUT2D eigenvalue weighted by atomic mass is 10.0. The van der Waals surface area contributed by atoms with Gasteiger partial charge in [-0.3, -0.25) is 0 Å². The van der Waals surface area contributed by atoms with Crippen LogP contribution in [0.3, 0.4) is 0 Å². The Hall–Kier alpha value is -1.35. The highest BCUT2D eigenvalue weighted by Crippen LogP contribution is 2.40. The lowest BCUT2D eigenvalue weighted by Crippen LogP contribution is -2.30. The van der Waals surface area contributed by atoms with E-state index in [1.807, 2.05) is 6.92 Å². The molecule has 0 spiro atoms. The normalized spacial score (nSPS) is 16.1. The molecule has 3 heteroatoms. The maximum Gasteiger partial charge on any atom is 0.327 e. The molecule has 0 saturated heterocycles. The van der Waals surface area contributed by atoms with Gasteiger partial charge in [-0.2, -0.15) is 0 Å². The largest absolute Gasteiger partial charge is 0.465 e. The van der Waals surface area contributed by atoms with Gasteiger partial charge in [0, 0.05) is 0 Å². The van der Waals surface area contributed by atoms with E-state index in [4.69, 9.17) is 4.74 Å². The average Bonchev–Trinajstić information content (AvgIpc) is 3.25. The maximum absolute atomic E-state index is 12.0. The topological polar surface area (TPSA) is 38.3 Å². The summed E-state index contributed by atoms with van der Waals surface area (Å²) in [5, 5.41) is 3.26. The van der Waals surface area contributed by atoms with Gasteiger partial charge >= 0.3 is 5.97 Å². The van der Waals surface area contributed by atoms with E-state index in [0.717, 1.165) is 24.4 Å². The first-order chi connectivity index (χ1) is 9.26. The number of nitrogens with one attached hydrogen (secondary N) is 1. The minimum atomic E-state index is -0.340. The molecule has 1 saturated carbocycles. The van der Waals surface area contributed by atoms with Crippen molar-refractivity contribution in [1.82, 2.24) is 5.32 Å². The average molecular weight is 261 g/mol. The zero-order valence-corrected chi connectivity index (χ0v) is 11.8. The summed E-state index contributed by atoms with van der Waals surface area (Å²) in [5.74, 6) is 0.564. The highest BCUT2D eigenvalue weighted by molar-refractivity contribution is 5.77. The molecular weight excluding hydrogens is 238 g/mol. The molecule has 2 rings (SSSR count). The number of hydrogen-bond acceptors (Lipinski definition) is 3. The molecule has 1 aliphatic carbocycles. The first kappa shape index (κ1) is 14.1. The van der Waals surface area contributed by atoms with Crippen molar-refractivity contribution >= 4 is 5.97 Å². The van der Waals surface area contributed by atoms with E-state index in [1.54, 1.807) is 0 Å². The molecule has 1 aromatic rings. The van der Waals surface area contributed by atoms with Crippen molar-refractivity contribution < 1.29 is 9.53 Å². The van der Waals surface area contributed by atoms with Gasteiger partial charge in [-0.05, 0) is 49.8 Å². The monoisotopic (exact) mass is 261 g/mol. The minimum Gasteiger partial charge on any atom is -0.465 e. The first-order valence-electron chi connectivity index (χ1n) is 7.26. The maximum atomic E-state index is 12.0. The lowest BCUT2D eigenvalue weighted by Gasteiger charge is -2.17. The summed E-state index contributed by atoms with van der Waals surface area (Å²) in [4.78, 5) is 12.0. The van der Waals surface area contributed by atoms with E-state index in [0.29, 0.717) is 6.61 Å². The standard InChI is InChI=1S/C16H23NO2/c1-3-11-17-15(16(18)19-4-2)14-9-7-13(8-10-14)12-5-6-12/h7-10,12,15,17H,3-6,11H2,1-2H3. The number of esters is 1. The quantitative estimate of drug-likeness (QED) is 0.766. The van der Waals surface area contributed by atoms with Crippen molar-refractivity contribution in [2.24, 2.45) is 0 Å². The molecule has 0 aliphatic heterocycles. The van der Waals surface area contributed by atoms with Gasteiger partial charge in [-0.15, -0.1) is 0 Å². The van der Waals surface area contributed by atoms with Crippen LogP contribution >= 0.6 is 0 Å². The van der Waals surface area contributed by atoms with Crippen LogP contribution in [-0.2, 0) is 9.53 Å². The van der Waals surface area contributed by atoms with Crippen LogP contribution in [0, 0.1) is 0 Å². The molecule has 104 valence electrons. The Balaban J connectivity index is 2.08. The second-order valence-corrected chi connectivity index (χ2v) is 5.08. The van der Waals surface area contributed by atoms with Gasteiger partial charge in [0.1, 0.15) is 6.04 Å². The van der Waals surface area contributed by atoms with E-state index in [1.165, 1.54) is 18.4 Å². The Morgan fingerprint density at radius 2 is 2.00 bits per heavy atom. The molecule has 1 unspecified atom stereocenters. The molecule has 0 radical (unpaired) electrons. The van der Waals surface area contributed by atoms with Crippen LogP contribution in [-0.4, -0.2) is 19.1 Å². The molecule has 1 aromatic carbocycles. The van der Waals surface area contributed by atoms with Gasteiger partial charge < -0.3 is 10.1 Å². The predicted octanol–water partition coefficient (Wildman–Crippen LogP) is 3.17. The van der Waals surface area contributed by atoms with Crippen LogP contribution in [0.2, 0.25) is 0 Å². The van der Waals surface area contributed by atoms with Crippen molar-refractivity contribution in [2.45, 2.75) is 45.1 Å². The molecule has 3 nitrogen and oxygen atoms in total. The van der Waals surface area contributed by atoms with E-state index >= 15 is 0 Å². The number of benzene rings is 1. The molecular formula is C16H23NO2. The van der Waals surface area contributed by atoms with Crippen molar-refractivity contribution in [3.63, 3.8) is 0 Å². The zero-order valence-electron chi connectivity index (χ0n) is 11.8. The highest BCUT2D eigenvalue weighted by atomic mass is 16.5. The number of rotatable bonds is 7. The second-order valence-electron chi connectivity index (χ2n) is 5.08. The van der Waals surface area contributed by atoms with Crippen molar-refractivity contribution in [3.8, 4) is 0 Å². The summed E-state index contributed by atoms with van der Waals surface area (Å²) in [5.41, 5.74) is 2.39. The predicted molar refractivity (Wildman–Crippen MR) is 76.1 cm³/mol. The van der Waals surface area contributed by atoms with Gasteiger partial charge in [-0.1, -0.05) is 31.2 Å². The fourth-order valence-electron chi connectivity index (χ4n) is 2.23. The molecule has 0 aromatic heterocycles. The Labute approximate surface area is 115 Å². The van der Waals surface area contributed by atoms with Crippen LogP contribution < -0.4 is 5.32 Å². The smallest absolute Gasteiger partial charge is 0.327 e. The fourth-order valence-corrected chi connectivity index (χ4v) is 2.23.